The lowest BCUT2D eigenvalue weighted by Gasteiger charge is -2.27. The molecule has 38 heavy (non-hydrogen) atoms. The molecule has 0 aliphatic carbocycles. The van der Waals surface area contributed by atoms with Gasteiger partial charge in [0, 0.05) is 23.3 Å². The molecule has 0 bridgehead atoms. The number of rotatable bonds is 2. The predicted molar refractivity (Wildman–Crippen MR) is 136 cm³/mol. The number of aromatic nitrogens is 4. The molecule has 0 N–H and O–H groups in total. The number of nitrogens with zero attached hydrogens (tertiary/aromatic N) is 4. The Morgan fingerprint density at radius 2 is 0.974 bits per heavy atom. The van der Waals surface area contributed by atoms with Crippen LogP contribution in [0.15, 0.2) is 85.5 Å². The first-order valence-electron chi connectivity index (χ1n) is 11.8. The maximum absolute atomic E-state index is 14.0. The average molecular weight is 520 g/mol. The third kappa shape index (κ3) is 5.15. The molecule has 0 fully saturated rings. The van der Waals surface area contributed by atoms with E-state index in [0.717, 1.165) is 8.96 Å². The second-order valence-corrected chi connectivity index (χ2v) is 8.83. The minimum absolute atomic E-state index is 0.163. The zero-order valence-electron chi connectivity index (χ0n) is 20.5. The van der Waals surface area contributed by atoms with Gasteiger partial charge < -0.3 is 35.5 Å². The van der Waals surface area contributed by atoms with Gasteiger partial charge in [-0.15, -0.1) is 0 Å². The maximum Gasteiger partial charge on any atom is 0.834 e. The lowest BCUT2D eigenvalue weighted by atomic mass is 9.99. The van der Waals surface area contributed by atoms with Crippen LogP contribution >= 0.6 is 0 Å². The van der Waals surface area contributed by atoms with Crippen LogP contribution in [-0.4, -0.2) is 24.0 Å². The van der Waals surface area contributed by atoms with Gasteiger partial charge in [0.1, 0.15) is 12.4 Å². The summed E-state index contributed by atoms with van der Waals surface area (Å²) in [7, 11) is -8.24. The Labute approximate surface area is 216 Å². The van der Waals surface area contributed by atoms with Crippen molar-refractivity contribution in [3.63, 3.8) is 0 Å². The van der Waals surface area contributed by atoms with Crippen LogP contribution < -0.4 is 8.96 Å². The van der Waals surface area contributed by atoms with Gasteiger partial charge in [-0.25, -0.2) is 9.97 Å². The molecule has 6 nitrogen and oxygen atoms in total. The molecule has 4 heterocycles. The minimum atomic E-state index is -4.12. The number of aryl methyl sites for hydroxylation is 2. The number of hydrogen-bond acceptors (Lipinski definition) is 4. The normalized spacial score (nSPS) is 16.3. The van der Waals surface area contributed by atoms with Crippen LogP contribution in [0.4, 0.5) is 17.3 Å². The Morgan fingerprint density at radius 1 is 0.605 bits per heavy atom. The van der Waals surface area contributed by atoms with Gasteiger partial charge in [0.05, 0.1) is 35.3 Å². The van der Waals surface area contributed by atoms with Crippen molar-refractivity contribution in [3.05, 3.63) is 119 Å². The Kier molecular flexibility index (Phi) is 6.48. The lowest BCUT2D eigenvalue weighted by Crippen LogP contribution is -2.63. The molecule has 2 aromatic heterocycles. The van der Waals surface area contributed by atoms with E-state index >= 15 is 0 Å². The summed E-state index contributed by atoms with van der Waals surface area (Å²) in [6.07, 6.45) is 8.59. The fourth-order valence-corrected chi connectivity index (χ4v) is 4.10. The van der Waals surface area contributed by atoms with Gasteiger partial charge in [0.2, 0.25) is 0 Å². The molecule has 2 aliphatic heterocycles. The van der Waals surface area contributed by atoms with Gasteiger partial charge in [-0.3, -0.25) is 0 Å². The third-order valence-electron chi connectivity index (χ3n) is 5.91. The van der Waals surface area contributed by atoms with Gasteiger partial charge in [-0.2, -0.15) is 0 Å². The first kappa shape index (κ1) is 25.2. The van der Waals surface area contributed by atoms with E-state index in [2.05, 4.69) is 9.97 Å². The Hall–Kier alpha value is -4.47. The van der Waals surface area contributed by atoms with Crippen molar-refractivity contribution in [2.24, 2.45) is 0 Å². The first-order chi connectivity index (χ1) is 18.1. The van der Waals surface area contributed by atoms with E-state index in [-0.39, 0.29) is 11.5 Å². The smallest absolute Gasteiger partial charge is 0.599 e. The molecule has 4 aromatic rings. The van der Waals surface area contributed by atoms with E-state index in [1.807, 2.05) is 12.1 Å². The molecule has 0 saturated heterocycles. The lowest BCUT2D eigenvalue weighted by molar-refractivity contribution is -0.585. The third-order valence-corrected chi connectivity index (χ3v) is 5.91. The summed E-state index contributed by atoms with van der Waals surface area (Å²) >= 11 is 0. The van der Waals surface area contributed by atoms with E-state index < -0.39 is 14.1 Å². The molecule has 0 radical (unpaired) electrons. The summed E-state index contributed by atoms with van der Waals surface area (Å²) in [5.41, 5.74) is 2.95. The number of halogens is 4. The van der Waals surface area contributed by atoms with Crippen LogP contribution in [0.2, 0.25) is 0 Å². The van der Waals surface area contributed by atoms with Crippen molar-refractivity contribution in [3.8, 4) is 0 Å². The highest BCUT2D eigenvalue weighted by atomic mass is 19.3. The van der Waals surface area contributed by atoms with Crippen molar-refractivity contribution in [2.75, 3.05) is 0 Å². The highest BCUT2D eigenvalue weighted by Crippen LogP contribution is 2.28. The molecular weight excluding hydrogens is 498 g/mol. The Morgan fingerprint density at radius 3 is 1.34 bits per heavy atom. The van der Waals surface area contributed by atoms with Crippen LogP contribution in [-0.2, 0) is 9.31 Å². The number of hydrogen-bond donors (Lipinski definition) is 0. The van der Waals surface area contributed by atoms with Crippen molar-refractivity contribution in [1.82, 2.24) is 9.97 Å². The topological polar surface area (TPSA) is 52.0 Å². The fraction of sp³-hybridized carbons (Fsp3) is 0.0769. The quantitative estimate of drug-likeness (QED) is 0.280. The van der Waals surface area contributed by atoms with Crippen molar-refractivity contribution < 1.29 is 35.5 Å². The summed E-state index contributed by atoms with van der Waals surface area (Å²) in [4.78, 5) is 8.08. The van der Waals surface area contributed by atoms with Gasteiger partial charge >= 0.3 is 14.1 Å². The first-order valence-corrected chi connectivity index (χ1v) is 11.8. The predicted octanol–water partition coefficient (Wildman–Crippen LogP) is 4.86. The van der Waals surface area contributed by atoms with Gasteiger partial charge in [-0.1, -0.05) is 60.7 Å². The largest absolute Gasteiger partial charge is 0.834 e. The fourth-order valence-electron chi connectivity index (χ4n) is 4.10. The van der Waals surface area contributed by atoms with E-state index in [1.165, 1.54) is 24.8 Å². The van der Waals surface area contributed by atoms with E-state index in [4.69, 9.17) is 9.31 Å². The summed E-state index contributed by atoms with van der Waals surface area (Å²) in [5.74, 6) is 0.326. The van der Waals surface area contributed by atoms with Gasteiger partial charge in [0.15, 0.2) is 11.4 Å². The zero-order valence-corrected chi connectivity index (χ0v) is 20.5. The number of fused-ring (bicyclic) bond motifs is 2. The summed E-state index contributed by atoms with van der Waals surface area (Å²) in [6, 6.07) is 17.7. The second-order valence-electron chi connectivity index (χ2n) is 8.83. The molecule has 0 spiro atoms. The van der Waals surface area contributed by atoms with Crippen LogP contribution in [0.5, 0.6) is 0 Å². The molecule has 2 aliphatic rings. The highest BCUT2D eigenvalue weighted by Gasteiger charge is 2.50. The maximum atomic E-state index is 14.0. The van der Waals surface area contributed by atoms with Crippen molar-refractivity contribution in [2.45, 2.75) is 13.8 Å². The summed E-state index contributed by atoms with van der Waals surface area (Å²) in [5, 5.41) is 0. The molecule has 12 heteroatoms. The van der Waals surface area contributed by atoms with Gasteiger partial charge in [0.25, 0.3) is 0 Å². The molecule has 6 rings (SSSR count). The minimum Gasteiger partial charge on any atom is -0.599 e. The van der Waals surface area contributed by atoms with Crippen LogP contribution in [0.3, 0.4) is 0 Å². The molecular formula is C26H22B2F4N4O2. The van der Waals surface area contributed by atoms with E-state index in [1.54, 1.807) is 74.5 Å². The number of benzene rings is 2. The molecule has 192 valence electrons. The van der Waals surface area contributed by atoms with Crippen LogP contribution in [0.1, 0.15) is 33.9 Å². The molecule has 0 saturated carbocycles. The molecule has 2 aromatic carbocycles. The highest BCUT2D eigenvalue weighted by molar-refractivity contribution is 6.51. The van der Waals surface area contributed by atoms with Crippen LogP contribution in [0, 0.1) is 13.8 Å². The molecule has 0 amide bonds. The zero-order chi connectivity index (χ0) is 26.9. The van der Waals surface area contributed by atoms with Gasteiger partial charge in [-0.05, 0) is 13.8 Å². The monoisotopic (exact) mass is 520 g/mol. The Balaban J connectivity index is 0.000000155. The average Bonchev–Trinajstić information content (AvgIpc) is 2.90. The summed E-state index contributed by atoms with van der Waals surface area (Å²) < 4.78 is 67.6. The molecule has 0 atom stereocenters. The molecule has 0 unspecified atom stereocenters. The standard InChI is InChI=1S/2C13H11BF2N2O/c2*1-10-9-18-12(8-17-10)7-13(19-14(18,15)16)11-5-3-2-4-6-11/h2*2-9H,1H3. The van der Waals surface area contributed by atoms with E-state index in [9.17, 15) is 17.3 Å². The van der Waals surface area contributed by atoms with E-state index in [0.29, 0.717) is 33.9 Å². The van der Waals surface area contributed by atoms with Crippen molar-refractivity contribution >= 4 is 37.7 Å². The van der Waals surface area contributed by atoms with Crippen LogP contribution in [0.25, 0.3) is 23.7 Å². The Bertz CT molecular complexity index is 1430. The second kappa shape index (κ2) is 9.77. The SMILES string of the molecule is Cc1c[n+]2c(cn1)C=C(c1ccccc1)O[B-]2(F)F.Cc1c[n+]2c(cn1)C=C(c1ccccc1)O[B-]2(F)F. The summed E-state index contributed by atoms with van der Waals surface area (Å²) in [6.45, 7) is 3.33. The van der Waals surface area contributed by atoms with Crippen molar-refractivity contribution in [1.29, 1.82) is 0 Å².